The topological polar surface area (TPSA) is 107 Å². The quantitative estimate of drug-likeness (QED) is 0.293. The zero-order valence-electron chi connectivity index (χ0n) is 23.2. The Morgan fingerprint density at radius 1 is 0.897 bits per heavy atom. The molecule has 2 N–H and O–H groups in total. The lowest BCUT2D eigenvalue weighted by molar-refractivity contribution is -0.118. The van der Waals surface area contributed by atoms with E-state index >= 15 is 0 Å². The van der Waals surface area contributed by atoms with Crippen molar-refractivity contribution in [3.05, 3.63) is 75.4 Å². The molecule has 0 fully saturated rings. The van der Waals surface area contributed by atoms with E-state index < -0.39 is 0 Å². The van der Waals surface area contributed by atoms with Crippen LogP contribution in [0, 0.1) is 0 Å². The first-order valence-corrected chi connectivity index (χ1v) is 13.3. The van der Waals surface area contributed by atoms with E-state index in [1.807, 2.05) is 65.0 Å². The van der Waals surface area contributed by atoms with Crippen molar-refractivity contribution in [1.82, 2.24) is 14.1 Å². The second-order valence-electron chi connectivity index (χ2n) is 10.4. The fraction of sp³-hybridized carbons (Fsp3) is 0.367. The van der Waals surface area contributed by atoms with Crippen LogP contribution in [0.2, 0.25) is 0 Å². The van der Waals surface area contributed by atoms with Gasteiger partial charge in [0.05, 0.1) is 5.52 Å². The number of aromatic amines is 1. The molecule has 0 aliphatic heterocycles. The molecular weight excluding hydrogens is 496 g/mol. The van der Waals surface area contributed by atoms with Gasteiger partial charge in [-0.2, -0.15) is 0 Å². The first-order chi connectivity index (χ1) is 18.6. The summed E-state index contributed by atoms with van der Waals surface area (Å²) in [6.45, 7) is 10.6. The third-order valence-corrected chi connectivity index (χ3v) is 6.00. The molecule has 2 aromatic heterocycles. The van der Waals surface area contributed by atoms with Crippen LogP contribution in [0.5, 0.6) is 11.5 Å². The Hall–Kier alpha value is -4.27. The maximum atomic E-state index is 13.0. The van der Waals surface area contributed by atoms with E-state index in [-0.39, 0.29) is 29.4 Å². The van der Waals surface area contributed by atoms with Gasteiger partial charge in [-0.15, -0.1) is 0 Å². The summed E-state index contributed by atoms with van der Waals surface area (Å²) in [4.78, 5) is 41.5. The molecule has 0 saturated heterocycles. The molecule has 4 rings (SSSR count). The molecule has 9 heteroatoms. The van der Waals surface area contributed by atoms with Crippen molar-refractivity contribution < 1.29 is 14.3 Å². The molecule has 0 aliphatic carbocycles. The number of nitrogens with zero attached hydrogens (tertiary/aromatic N) is 2. The fourth-order valence-corrected chi connectivity index (χ4v) is 4.34. The van der Waals surface area contributed by atoms with Crippen LogP contribution < -0.4 is 26.0 Å². The van der Waals surface area contributed by atoms with Gasteiger partial charge in [0.15, 0.2) is 6.61 Å². The molecule has 0 spiro atoms. The Bertz CT molecular complexity index is 1560. The van der Waals surface area contributed by atoms with E-state index in [9.17, 15) is 14.4 Å². The SMILES string of the molecule is CCCn1c(=O)c2[nH]c(-c3ccc(OCC(=O)Nc4ccc(OC(C)(C)C)cc4)cc3)cc2n(CCC)c1=O. The van der Waals surface area contributed by atoms with Crippen molar-refractivity contribution in [2.45, 2.75) is 66.2 Å². The largest absolute Gasteiger partial charge is 0.488 e. The van der Waals surface area contributed by atoms with E-state index in [0.29, 0.717) is 42.0 Å². The first-order valence-electron chi connectivity index (χ1n) is 13.3. The summed E-state index contributed by atoms with van der Waals surface area (Å²) in [5.41, 5.74) is 2.34. The van der Waals surface area contributed by atoms with Crippen LogP contribution in [0.15, 0.2) is 64.2 Å². The van der Waals surface area contributed by atoms with Crippen LogP contribution >= 0.6 is 0 Å². The summed E-state index contributed by atoms with van der Waals surface area (Å²) < 4.78 is 14.4. The highest BCUT2D eigenvalue weighted by atomic mass is 16.5. The summed E-state index contributed by atoms with van der Waals surface area (Å²) in [6.07, 6.45) is 1.47. The molecule has 1 amide bonds. The Labute approximate surface area is 227 Å². The van der Waals surface area contributed by atoms with Gasteiger partial charge in [0.25, 0.3) is 11.5 Å². The Balaban J connectivity index is 1.44. The van der Waals surface area contributed by atoms with E-state index in [1.165, 1.54) is 4.57 Å². The second kappa shape index (κ2) is 11.6. The number of hydrogen-bond donors (Lipinski definition) is 2. The summed E-state index contributed by atoms with van der Waals surface area (Å²) >= 11 is 0. The van der Waals surface area contributed by atoms with Crippen LogP contribution in [0.3, 0.4) is 0 Å². The third-order valence-electron chi connectivity index (χ3n) is 6.00. The Morgan fingerprint density at radius 3 is 2.13 bits per heavy atom. The normalized spacial score (nSPS) is 11.5. The van der Waals surface area contributed by atoms with E-state index in [0.717, 1.165) is 23.4 Å². The van der Waals surface area contributed by atoms with Crippen molar-refractivity contribution >= 4 is 22.6 Å². The number of amides is 1. The number of H-pyrrole nitrogens is 1. The summed E-state index contributed by atoms with van der Waals surface area (Å²) in [5, 5.41) is 2.81. The van der Waals surface area contributed by atoms with Crippen molar-refractivity contribution in [2.24, 2.45) is 0 Å². The maximum Gasteiger partial charge on any atom is 0.331 e. The van der Waals surface area contributed by atoms with Gasteiger partial charge in [-0.25, -0.2) is 4.79 Å². The lowest BCUT2D eigenvalue weighted by Gasteiger charge is -2.21. The van der Waals surface area contributed by atoms with Gasteiger partial charge < -0.3 is 19.8 Å². The fourth-order valence-electron chi connectivity index (χ4n) is 4.34. The van der Waals surface area contributed by atoms with E-state index in [2.05, 4.69) is 10.3 Å². The minimum absolute atomic E-state index is 0.147. The smallest absolute Gasteiger partial charge is 0.331 e. The molecule has 2 heterocycles. The minimum atomic E-state index is -0.308. The number of benzene rings is 2. The average Bonchev–Trinajstić information content (AvgIpc) is 3.34. The predicted octanol–water partition coefficient (Wildman–Crippen LogP) is 5.17. The standard InChI is InChI=1S/C30H36N4O5/c1-6-16-33-25-18-24(32-27(25)28(36)34(17-7-2)29(33)37)20-8-12-22(13-9-20)38-19-26(35)31-21-10-14-23(15-11-21)39-30(3,4)5/h8-15,18,32H,6-7,16-17,19H2,1-5H3,(H,31,35). The lowest BCUT2D eigenvalue weighted by Crippen LogP contribution is -2.39. The van der Waals surface area contributed by atoms with Crippen LogP contribution in [0.25, 0.3) is 22.3 Å². The molecule has 0 atom stereocenters. The summed E-state index contributed by atoms with van der Waals surface area (Å²) in [6, 6.07) is 16.2. The number of carbonyl (C=O) groups excluding carboxylic acids is 1. The number of carbonyl (C=O) groups is 1. The molecule has 0 radical (unpaired) electrons. The number of rotatable bonds is 10. The first kappa shape index (κ1) is 27.8. The Morgan fingerprint density at radius 2 is 1.51 bits per heavy atom. The Kier molecular flexibility index (Phi) is 8.28. The molecule has 4 aromatic rings. The van der Waals surface area contributed by atoms with Gasteiger partial charge in [0.2, 0.25) is 0 Å². The zero-order chi connectivity index (χ0) is 28.2. The monoisotopic (exact) mass is 532 g/mol. The molecule has 0 bridgehead atoms. The zero-order valence-corrected chi connectivity index (χ0v) is 23.2. The van der Waals surface area contributed by atoms with Gasteiger partial charge >= 0.3 is 5.69 Å². The molecule has 206 valence electrons. The van der Waals surface area contributed by atoms with Crippen LogP contribution in [0.1, 0.15) is 47.5 Å². The molecule has 0 unspecified atom stereocenters. The van der Waals surface area contributed by atoms with Gasteiger partial charge in [-0.3, -0.25) is 18.7 Å². The molecule has 0 saturated carbocycles. The molecule has 0 aliphatic rings. The molecule has 2 aromatic carbocycles. The molecule has 39 heavy (non-hydrogen) atoms. The minimum Gasteiger partial charge on any atom is -0.488 e. The maximum absolute atomic E-state index is 13.0. The predicted molar refractivity (Wildman–Crippen MR) is 154 cm³/mol. The third kappa shape index (κ3) is 6.60. The van der Waals surface area contributed by atoms with Gasteiger partial charge in [-0.1, -0.05) is 13.8 Å². The highest BCUT2D eigenvalue weighted by Gasteiger charge is 2.16. The highest BCUT2D eigenvalue weighted by Crippen LogP contribution is 2.25. The number of hydrogen-bond acceptors (Lipinski definition) is 5. The summed E-state index contributed by atoms with van der Waals surface area (Å²) in [7, 11) is 0. The number of fused-ring (bicyclic) bond motifs is 1. The van der Waals surface area contributed by atoms with Gasteiger partial charge in [-0.05, 0) is 93.8 Å². The van der Waals surface area contributed by atoms with E-state index in [4.69, 9.17) is 9.47 Å². The summed E-state index contributed by atoms with van der Waals surface area (Å²) in [5.74, 6) is 0.982. The van der Waals surface area contributed by atoms with Crippen molar-refractivity contribution in [1.29, 1.82) is 0 Å². The second-order valence-corrected chi connectivity index (χ2v) is 10.4. The number of aromatic nitrogens is 3. The molecule has 9 nitrogen and oxygen atoms in total. The van der Waals surface area contributed by atoms with Crippen LogP contribution in [0.4, 0.5) is 5.69 Å². The number of ether oxygens (including phenoxy) is 2. The van der Waals surface area contributed by atoms with Gasteiger partial charge in [0.1, 0.15) is 22.6 Å². The van der Waals surface area contributed by atoms with E-state index in [1.54, 1.807) is 28.8 Å². The molecular formula is C30H36N4O5. The van der Waals surface area contributed by atoms with Crippen LogP contribution in [-0.2, 0) is 17.9 Å². The number of aryl methyl sites for hydroxylation is 1. The van der Waals surface area contributed by atoms with Crippen molar-refractivity contribution in [3.63, 3.8) is 0 Å². The van der Waals surface area contributed by atoms with Gasteiger partial charge in [0, 0.05) is 24.5 Å². The number of anilines is 1. The van der Waals surface area contributed by atoms with Crippen molar-refractivity contribution in [3.8, 4) is 22.8 Å². The number of nitrogens with one attached hydrogen (secondary N) is 2. The average molecular weight is 533 g/mol. The van der Waals surface area contributed by atoms with Crippen molar-refractivity contribution in [2.75, 3.05) is 11.9 Å². The van der Waals surface area contributed by atoms with Crippen LogP contribution in [-0.4, -0.2) is 32.2 Å². The lowest BCUT2D eigenvalue weighted by atomic mass is 10.1. The highest BCUT2D eigenvalue weighted by molar-refractivity contribution is 5.92.